The van der Waals surface area contributed by atoms with E-state index in [0.717, 1.165) is 19.6 Å². The summed E-state index contributed by atoms with van der Waals surface area (Å²) >= 11 is 3.66. The molecule has 0 saturated carbocycles. The number of benzene rings is 1. The number of rotatable bonds is 7. The quantitative estimate of drug-likeness (QED) is 0.768. The molecule has 1 atom stereocenters. The summed E-state index contributed by atoms with van der Waals surface area (Å²) in [6, 6.07) is 7.14. The minimum absolute atomic E-state index is 0.559. The predicted molar refractivity (Wildman–Crippen MR) is 85.6 cm³/mol. The van der Waals surface area contributed by atoms with Gasteiger partial charge in [-0.2, -0.15) is 0 Å². The van der Waals surface area contributed by atoms with Gasteiger partial charge in [0.15, 0.2) is 0 Å². The van der Waals surface area contributed by atoms with Crippen molar-refractivity contribution in [3.8, 4) is 0 Å². The lowest BCUT2D eigenvalue weighted by Gasteiger charge is -2.19. The molecule has 0 heterocycles. The molecule has 0 bridgehead atoms. The van der Waals surface area contributed by atoms with E-state index in [9.17, 15) is 0 Å². The second kappa shape index (κ2) is 7.41. The van der Waals surface area contributed by atoms with Crippen LogP contribution in [0.2, 0.25) is 0 Å². The summed E-state index contributed by atoms with van der Waals surface area (Å²) in [6.07, 6.45) is 3.68. The summed E-state index contributed by atoms with van der Waals surface area (Å²) in [5.41, 5.74) is 3.00. The highest BCUT2D eigenvalue weighted by molar-refractivity contribution is 9.10. The average molecular weight is 325 g/mol. The summed E-state index contributed by atoms with van der Waals surface area (Å²) in [4.78, 5) is 2.49. The van der Waals surface area contributed by atoms with Crippen molar-refractivity contribution in [2.45, 2.75) is 39.2 Å². The van der Waals surface area contributed by atoms with Gasteiger partial charge in [-0.1, -0.05) is 41.9 Å². The molecule has 0 aromatic heterocycles. The highest BCUT2D eigenvalue weighted by Crippen LogP contribution is 2.35. The van der Waals surface area contributed by atoms with Gasteiger partial charge in [-0.15, -0.1) is 0 Å². The minimum Gasteiger partial charge on any atom is -0.310 e. The maximum atomic E-state index is 3.72. The number of nitrogens with one attached hydrogen (secondary N) is 1. The first-order valence-corrected chi connectivity index (χ1v) is 8.28. The zero-order valence-electron chi connectivity index (χ0n) is 12.1. The van der Waals surface area contributed by atoms with E-state index >= 15 is 0 Å². The van der Waals surface area contributed by atoms with Crippen LogP contribution in [0.1, 0.15) is 43.9 Å². The first-order valence-electron chi connectivity index (χ1n) is 7.49. The van der Waals surface area contributed by atoms with E-state index in [1.807, 2.05) is 0 Å². The van der Waals surface area contributed by atoms with E-state index in [1.54, 1.807) is 0 Å². The van der Waals surface area contributed by atoms with E-state index in [2.05, 4.69) is 58.2 Å². The van der Waals surface area contributed by atoms with Crippen molar-refractivity contribution in [2.24, 2.45) is 0 Å². The topological polar surface area (TPSA) is 15.3 Å². The molecule has 3 heteroatoms. The molecule has 106 valence electrons. The zero-order chi connectivity index (χ0) is 13.7. The Hall–Kier alpha value is -0.380. The van der Waals surface area contributed by atoms with Gasteiger partial charge in [-0.25, -0.2) is 0 Å². The molecule has 0 aliphatic heterocycles. The van der Waals surface area contributed by atoms with Crippen LogP contribution in [0, 0.1) is 0 Å². The van der Waals surface area contributed by atoms with Gasteiger partial charge in [0.2, 0.25) is 0 Å². The Balaban J connectivity index is 1.79. The minimum atomic E-state index is 0.559. The van der Waals surface area contributed by atoms with Gasteiger partial charge in [-0.3, -0.25) is 0 Å². The molecule has 1 aromatic rings. The molecule has 1 N–H and O–H groups in total. The van der Waals surface area contributed by atoms with E-state index in [-0.39, 0.29) is 0 Å². The molecule has 0 fully saturated rings. The Bertz CT molecular complexity index is 402. The van der Waals surface area contributed by atoms with Crippen molar-refractivity contribution < 1.29 is 0 Å². The molecule has 1 aromatic carbocycles. The molecule has 0 amide bonds. The van der Waals surface area contributed by atoms with Crippen LogP contribution < -0.4 is 5.32 Å². The number of hydrogen-bond acceptors (Lipinski definition) is 2. The Labute approximate surface area is 125 Å². The third kappa shape index (κ3) is 3.80. The molecule has 0 radical (unpaired) electrons. The summed E-state index contributed by atoms with van der Waals surface area (Å²) in [5.74, 6) is 0. The third-order valence-corrected chi connectivity index (χ3v) is 4.89. The Morgan fingerprint density at radius 2 is 2.11 bits per heavy atom. The second-order valence-corrected chi connectivity index (χ2v) is 6.09. The van der Waals surface area contributed by atoms with Crippen LogP contribution in [-0.2, 0) is 6.42 Å². The fourth-order valence-electron chi connectivity index (χ4n) is 2.94. The van der Waals surface area contributed by atoms with E-state index in [1.165, 1.54) is 41.4 Å². The van der Waals surface area contributed by atoms with Crippen LogP contribution in [-0.4, -0.2) is 31.1 Å². The zero-order valence-corrected chi connectivity index (χ0v) is 13.7. The summed E-state index contributed by atoms with van der Waals surface area (Å²) in [7, 11) is 0. The maximum Gasteiger partial charge on any atom is 0.0326 e. The standard InChI is InChI=1S/C16H25BrN2/c1-3-19(4-2)12-6-11-18-16-10-9-13-14(16)7-5-8-15(13)17/h5,7-8,16,18H,3-4,6,9-12H2,1-2H3. The van der Waals surface area contributed by atoms with Crippen LogP contribution in [0.5, 0.6) is 0 Å². The molecule has 1 unspecified atom stereocenters. The molecule has 2 rings (SSSR count). The molecule has 19 heavy (non-hydrogen) atoms. The van der Waals surface area contributed by atoms with Crippen LogP contribution in [0.15, 0.2) is 22.7 Å². The Morgan fingerprint density at radius 3 is 2.84 bits per heavy atom. The lowest BCUT2D eigenvalue weighted by atomic mass is 10.1. The second-order valence-electron chi connectivity index (χ2n) is 5.23. The van der Waals surface area contributed by atoms with Gasteiger partial charge < -0.3 is 10.2 Å². The summed E-state index contributed by atoms with van der Waals surface area (Å²) in [6.45, 7) is 9.12. The van der Waals surface area contributed by atoms with Gasteiger partial charge in [0.25, 0.3) is 0 Å². The van der Waals surface area contributed by atoms with Gasteiger partial charge in [-0.05, 0) is 62.6 Å². The van der Waals surface area contributed by atoms with Crippen molar-refractivity contribution in [3.63, 3.8) is 0 Å². The molecule has 1 aliphatic rings. The van der Waals surface area contributed by atoms with Crippen molar-refractivity contribution >= 4 is 15.9 Å². The number of fused-ring (bicyclic) bond motifs is 1. The maximum absolute atomic E-state index is 3.72. The molecule has 0 saturated heterocycles. The summed E-state index contributed by atoms with van der Waals surface area (Å²) < 4.78 is 1.28. The number of halogens is 1. The first-order chi connectivity index (χ1) is 9.26. The smallest absolute Gasteiger partial charge is 0.0326 e. The van der Waals surface area contributed by atoms with Gasteiger partial charge >= 0.3 is 0 Å². The number of nitrogens with zero attached hydrogens (tertiary/aromatic N) is 1. The van der Waals surface area contributed by atoms with Gasteiger partial charge in [0.1, 0.15) is 0 Å². The normalized spacial score (nSPS) is 18.0. The molecular weight excluding hydrogens is 300 g/mol. The highest BCUT2D eigenvalue weighted by atomic mass is 79.9. The van der Waals surface area contributed by atoms with E-state index in [0.29, 0.717) is 6.04 Å². The SMILES string of the molecule is CCN(CC)CCCNC1CCc2c(Br)cccc21. The predicted octanol–water partition coefficient (Wildman–Crippen LogP) is 3.76. The number of hydrogen-bond donors (Lipinski definition) is 1. The van der Waals surface area contributed by atoms with Crippen LogP contribution in [0.4, 0.5) is 0 Å². The van der Waals surface area contributed by atoms with Gasteiger partial charge in [0, 0.05) is 10.5 Å². The van der Waals surface area contributed by atoms with Crippen LogP contribution >= 0.6 is 15.9 Å². The highest BCUT2D eigenvalue weighted by Gasteiger charge is 2.23. The lowest BCUT2D eigenvalue weighted by molar-refractivity contribution is 0.295. The van der Waals surface area contributed by atoms with E-state index < -0.39 is 0 Å². The lowest BCUT2D eigenvalue weighted by Crippen LogP contribution is -2.28. The fraction of sp³-hybridized carbons (Fsp3) is 0.625. The third-order valence-electron chi connectivity index (χ3n) is 4.15. The van der Waals surface area contributed by atoms with Crippen molar-refractivity contribution in [1.82, 2.24) is 10.2 Å². The molecular formula is C16H25BrN2. The Morgan fingerprint density at radius 1 is 1.32 bits per heavy atom. The first kappa shape index (κ1) is 15.0. The van der Waals surface area contributed by atoms with Crippen molar-refractivity contribution in [2.75, 3.05) is 26.2 Å². The molecule has 0 spiro atoms. The fourth-order valence-corrected chi connectivity index (χ4v) is 3.52. The average Bonchev–Trinajstić information content (AvgIpc) is 2.84. The van der Waals surface area contributed by atoms with Gasteiger partial charge in [0.05, 0.1) is 0 Å². The molecule has 2 nitrogen and oxygen atoms in total. The Kier molecular flexibility index (Phi) is 5.86. The van der Waals surface area contributed by atoms with Crippen LogP contribution in [0.25, 0.3) is 0 Å². The monoisotopic (exact) mass is 324 g/mol. The van der Waals surface area contributed by atoms with Crippen molar-refractivity contribution in [3.05, 3.63) is 33.8 Å². The largest absolute Gasteiger partial charge is 0.310 e. The summed E-state index contributed by atoms with van der Waals surface area (Å²) in [5, 5.41) is 3.72. The molecule has 1 aliphatic carbocycles. The van der Waals surface area contributed by atoms with Crippen molar-refractivity contribution in [1.29, 1.82) is 0 Å². The van der Waals surface area contributed by atoms with Crippen LogP contribution in [0.3, 0.4) is 0 Å². The van der Waals surface area contributed by atoms with E-state index in [4.69, 9.17) is 0 Å².